The van der Waals surface area contributed by atoms with E-state index in [0.717, 1.165) is 42.7 Å². The number of pyridine rings is 1. The summed E-state index contributed by atoms with van der Waals surface area (Å²) in [6.45, 7) is 6.42. The van der Waals surface area contributed by atoms with Crippen molar-refractivity contribution in [3.8, 4) is 11.4 Å². The fourth-order valence-corrected chi connectivity index (χ4v) is 4.64. The van der Waals surface area contributed by atoms with Crippen LogP contribution in [0.5, 0.6) is 0 Å². The molecule has 174 valence electrons. The minimum absolute atomic E-state index is 0.165. The lowest BCUT2D eigenvalue weighted by atomic mass is 10.1. The maximum absolute atomic E-state index is 14.7. The van der Waals surface area contributed by atoms with Gasteiger partial charge < -0.3 is 24.6 Å². The third-order valence-corrected chi connectivity index (χ3v) is 6.14. The second-order valence-corrected chi connectivity index (χ2v) is 8.68. The summed E-state index contributed by atoms with van der Waals surface area (Å²) >= 11 is 0. The molecule has 0 aliphatic carbocycles. The molecular formula is C23H28FN7O2. The molecule has 2 aliphatic rings. The number of nitrogens with zero attached hydrogens (tertiary/aromatic N) is 5. The first-order valence-electron chi connectivity index (χ1n) is 11.2. The van der Waals surface area contributed by atoms with Crippen LogP contribution < -0.4 is 15.5 Å². The highest BCUT2D eigenvalue weighted by Crippen LogP contribution is 2.31. The van der Waals surface area contributed by atoms with Gasteiger partial charge in [0, 0.05) is 44.4 Å². The van der Waals surface area contributed by atoms with Gasteiger partial charge in [-0.15, -0.1) is 0 Å². The standard InChI is InChI=1S/C23H28FN7O2/c1-13-11-31(12-14(2)33-13)15-4-5-20(26-9-15)28-23-27-10-17(24)21(29-23)19-8-16-18(30(19)3)6-7-25-22(16)32/h4-5,8-10,13-14,22,25,32H,6-7,11-12H2,1-3H3,(H,26,27,28,29). The summed E-state index contributed by atoms with van der Waals surface area (Å²) in [5.74, 6) is 0.286. The number of nitrogens with one attached hydrogen (secondary N) is 2. The predicted molar refractivity (Wildman–Crippen MR) is 123 cm³/mol. The van der Waals surface area contributed by atoms with E-state index in [1.165, 1.54) is 0 Å². The molecule has 1 fully saturated rings. The van der Waals surface area contributed by atoms with E-state index in [1.807, 2.05) is 23.7 Å². The number of aromatic nitrogens is 4. The number of rotatable bonds is 4. The molecule has 3 unspecified atom stereocenters. The molecule has 3 atom stereocenters. The molecule has 0 amide bonds. The van der Waals surface area contributed by atoms with Crippen molar-refractivity contribution in [1.82, 2.24) is 24.8 Å². The summed E-state index contributed by atoms with van der Waals surface area (Å²) in [5, 5.41) is 16.3. The van der Waals surface area contributed by atoms with Crippen LogP contribution in [0.1, 0.15) is 31.3 Å². The number of ether oxygens (including phenoxy) is 1. The summed E-state index contributed by atoms with van der Waals surface area (Å²) in [6.07, 6.45) is 3.26. The highest BCUT2D eigenvalue weighted by molar-refractivity contribution is 5.62. The number of halogens is 1. The number of anilines is 3. The number of aliphatic hydroxyl groups excluding tert-OH is 1. The third-order valence-electron chi connectivity index (χ3n) is 6.14. The van der Waals surface area contributed by atoms with Gasteiger partial charge in [0.1, 0.15) is 17.7 Å². The third kappa shape index (κ3) is 4.29. The van der Waals surface area contributed by atoms with E-state index < -0.39 is 12.0 Å². The number of fused-ring (bicyclic) bond motifs is 1. The van der Waals surface area contributed by atoms with Crippen molar-refractivity contribution in [2.75, 3.05) is 29.9 Å². The van der Waals surface area contributed by atoms with Crippen LogP contribution >= 0.6 is 0 Å². The van der Waals surface area contributed by atoms with Gasteiger partial charge in [0.15, 0.2) is 5.82 Å². The maximum Gasteiger partial charge on any atom is 0.229 e. The van der Waals surface area contributed by atoms with Crippen LogP contribution in [0.25, 0.3) is 11.4 Å². The molecule has 33 heavy (non-hydrogen) atoms. The quantitative estimate of drug-likeness (QED) is 0.554. The summed E-state index contributed by atoms with van der Waals surface area (Å²) in [5.41, 5.74) is 3.49. The Morgan fingerprint density at radius 2 is 1.97 bits per heavy atom. The first-order valence-corrected chi connectivity index (χ1v) is 11.2. The second-order valence-electron chi connectivity index (χ2n) is 8.68. The molecule has 3 N–H and O–H groups in total. The maximum atomic E-state index is 14.7. The first kappa shape index (κ1) is 21.7. The van der Waals surface area contributed by atoms with Gasteiger partial charge in [-0.25, -0.2) is 19.3 Å². The zero-order valence-electron chi connectivity index (χ0n) is 18.9. The molecule has 5 heterocycles. The number of hydrogen-bond donors (Lipinski definition) is 3. The van der Waals surface area contributed by atoms with Crippen molar-refractivity contribution in [1.29, 1.82) is 0 Å². The molecule has 0 spiro atoms. The van der Waals surface area contributed by atoms with Gasteiger partial charge >= 0.3 is 0 Å². The Morgan fingerprint density at radius 1 is 1.18 bits per heavy atom. The number of morpholine rings is 1. The zero-order valence-corrected chi connectivity index (χ0v) is 18.9. The lowest BCUT2D eigenvalue weighted by Gasteiger charge is -2.36. The zero-order chi connectivity index (χ0) is 23.1. The van der Waals surface area contributed by atoms with Crippen LogP contribution in [-0.2, 0) is 18.2 Å². The average Bonchev–Trinajstić information content (AvgIpc) is 3.13. The van der Waals surface area contributed by atoms with Crippen molar-refractivity contribution >= 4 is 17.5 Å². The molecule has 10 heteroatoms. The Kier molecular flexibility index (Phi) is 5.73. The Labute approximate surface area is 191 Å². The van der Waals surface area contributed by atoms with Gasteiger partial charge in [0.25, 0.3) is 0 Å². The largest absolute Gasteiger partial charge is 0.374 e. The monoisotopic (exact) mass is 453 g/mol. The van der Waals surface area contributed by atoms with Crippen molar-refractivity contribution in [2.24, 2.45) is 7.05 Å². The van der Waals surface area contributed by atoms with Gasteiger partial charge in [0.2, 0.25) is 5.95 Å². The normalized spacial score (nSPS) is 22.8. The van der Waals surface area contributed by atoms with Crippen LogP contribution in [0.15, 0.2) is 30.6 Å². The van der Waals surface area contributed by atoms with E-state index in [-0.39, 0.29) is 23.9 Å². The van der Waals surface area contributed by atoms with Crippen molar-refractivity contribution < 1.29 is 14.2 Å². The van der Waals surface area contributed by atoms with Gasteiger partial charge in [-0.05, 0) is 32.0 Å². The molecule has 2 aliphatic heterocycles. The first-order chi connectivity index (χ1) is 15.9. The summed E-state index contributed by atoms with van der Waals surface area (Å²) in [4.78, 5) is 15.2. The lowest BCUT2D eigenvalue weighted by Crippen LogP contribution is -2.45. The van der Waals surface area contributed by atoms with Crippen LogP contribution in [-0.4, -0.2) is 56.5 Å². The van der Waals surface area contributed by atoms with E-state index in [1.54, 1.807) is 12.3 Å². The minimum Gasteiger partial charge on any atom is -0.374 e. The van der Waals surface area contributed by atoms with Crippen LogP contribution in [0.2, 0.25) is 0 Å². The molecule has 0 saturated carbocycles. The molecule has 0 aromatic carbocycles. The molecule has 3 aromatic heterocycles. The van der Waals surface area contributed by atoms with Gasteiger partial charge in [-0.1, -0.05) is 0 Å². The topological polar surface area (TPSA) is 100 Å². The molecule has 5 rings (SSSR count). The minimum atomic E-state index is -0.767. The van der Waals surface area contributed by atoms with Crippen molar-refractivity contribution in [3.05, 3.63) is 47.7 Å². The molecule has 0 radical (unpaired) electrons. The fourth-order valence-electron chi connectivity index (χ4n) is 4.64. The highest BCUT2D eigenvalue weighted by atomic mass is 19.1. The van der Waals surface area contributed by atoms with Crippen molar-refractivity contribution in [2.45, 2.75) is 38.7 Å². The summed E-state index contributed by atoms with van der Waals surface area (Å²) in [7, 11) is 1.86. The fraction of sp³-hybridized carbons (Fsp3) is 0.435. The van der Waals surface area contributed by atoms with Crippen LogP contribution in [0.4, 0.5) is 21.8 Å². The summed E-state index contributed by atoms with van der Waals surface area (Å²) < 4.78 is 22.4. The second kappa shape index (κ2) is 8.69. The van der Waals surface area contributed by atoms with Crippen molar-refractivity contribution in [3.63, 3.8) is 0 Å². The van der Waals surface area contributed by atoms with Crippen LogP contribution in [0, 0.1) is 5.82 Å². The van der Waals surface area contributed by atoms with Gasteiger partial charge in [-0.2, -0.15) is 0 Å². The van der Waals surface area contributed by atoms with E-state index in [2.05, 4.69) is 44.3 Å². The van der Waals surface area contributed by atoms with E-state index >= 15 is 0 Å². The number of aliphatic hydroxyl groups is 1. The van der Waals surface area contributed by atoms with E-state index in [9.17, 15) is 9.50 Å². The molecule has 0 bridgehead atoms. The Morgan fingerprint density at radius 3 is 2.67 bits per heavy atom. The van der Waals surface area contributed by atoms with Crippen LogP contribution in [0.3, 0.4) is 0 Å². The van der Waals surface area contributed by atoms with Gasteiger partial charge in [0.05, 0.1) is 36.0 Å². The molecule has 3 aromatic rings. The lowest BCUT2D eigenvalue weighted by molar-refractivity contribution is -0.00523. The van der Waals surface area contributed by atoms with E-state index in [4.69, 9.17) is 4.74 Å². The predicted octanol–water partition coefficient (Wildman–Crippen LogP) is 2.51. The molecule has 1 saturated heterocycles. The average molecular weight is 454 g/mol. The smallest absolute Gasteiger partial charge is 0.229 e. The SMILES string of the molecule is CC1CN(c2ccc(Nc3ncc(F)c(-c4cc5c(n4C)CCNC5O)n3)nc2)CC(C)O1. The van der Waals surface area contributed by atoms with Gasteiger partial charge in [-0.3, -0.25) is 5.32 Å². The summed E-state index contributed by atoms with van der Waals surface area (Å²) in [6, 6.07) is 5.62. The molecular weight excluding hydrogens is 425 g/mol. The Bertz CT molecular complexity index is 1140. The Balaban J connectivity index is 1.37. The highest BCUT2D eigenvalue weighted by Gasteiger charge is 2.25. The Hall–Kier alpha value is -3.08. The molecule has 9 nitrogen and oxygen atoms in total. The number of hydrogen-bond acceptors (Lipinski definition) is 8. The van der Waals surface area contributed by atoms with E-state index in [0.29, 0.717) is 18.1 Å².